The predicted molar refractivity (Wildman–Crippen MR) is 105 cm³/mol. The number of amides is 1. The summed E-state index contributed by atoms with van der Waals surface area (Å²) in [7, 11) is 1.65. The standard InChI is InChI=1S/C22H23NO3/c1-22(2,14-24)23-21(25)19-7-6-17-12-16(4-5-18(17)13-19)15-8-10-20(26-3)11-9-15/h4-13,24H,14H2,1-3H3,(H,23,25). The number of rotatable bonds is 5. The Morgan fingerprint density at radius 2 is 1.58 bits per heavy atom. The van der Waals surface area contributed by atoms with E-state index in [1.165, 1.54) is 0 Å². The van der Waals surface area contributed by atoms with Crippen molar-refractivity contribution in [1.82, 2.24) is 5.32 Å². The Morgan fingerprint density at radius 1 is 0.962 bits per heavy atom. The molecule has 4 nitrogen and oxygen atoms in total. The fraction of sp³-hybridized carbons (Fsp3) is 0.227. The monoisotopic (exact) mass is 349 g/mol. The lowest BCUT2D eigenvalue weighted by Crippen LogP contribution is -2.46. The van der Waals surface area contributed by atoms with Crippen LogP contribution in [0.2, 0.25) is 0 Å². The van der Waals surface area contributed by atoms with Crippen molar-refractivity contribution < 1.29 is 14.6 Å². The van der Waals surface area contributed by atoms with Crippen LogP contribution in [-0.4, -0.2) is 30.3 Å². The third-order valence-electron chi connectivity index (χ3n) is 4.37. The Balaban J connectivity index is 1.89. The van der Waals surface area contributed by atoms with Gasteiger partial charge in [-0.25, -0.2) is 0 Å². The van der Waals surface area contributed by atoms with E-state index < -0.39 is 5.54 Å². The zero-order valence-electron chi connectivity index (χ0n) is 15.2. The Morgan fingerprint density at radius 3 is 2.23 bits per heavy atom. The van der Waals surface area contributed by atoms with Gasteiger partial charge in [-0.15, -0.1) is 0 Å². The van der Waals surface area contributed by atoms with Gasteiger partial charge >= 0.3 is 0 Å². The third kappa shape index (κ3) is 3.86. The molecule has 1 amide bonds. The number of benzene rings is 3. The molecule has 0 fully saturated rings. The molecule has 26 heavy (non-hydrogen) atoms. The van der Waals surface area contributed by atoms with E-state index in [0.29, 0.717) is 5.56 Å². The van der Waals surface area contributed by atoms with Crippen LogP contribution >= 0.6 is 0 Å². The lowest BCUT2D eigenvalue weighted by atomic mass is 9.99. The average molecular weight is 349 g/mol. The minimum atomic E-state index is -0.649. The van der Waals surface area contributed by atoms with Gasteiger partial charge in [-0.1, -0.05) is 30.3 Å². The zero-order valence-corrected chi connectivity index (χ0v) is 15.2. The van der Waals surface area contributed by atoms with Crippen LogP contribution in [0.1, 0.15) is 24.2 Å². The maximum Gasteiger partial charge on any atom is 0.251 e. The molecule has 0 aromatic heterocycles. The molecule has 0 heterocycles. The topological polar surface area (TPSA) is 58.6 Å². The third-order valence-corrected chi connectivity index (χ3v) is 4.37. The number of ether oxygens (including phenoxy) is 1. The Hall–Kier alpha value is -2.85. The molecule has 3 aromatic rings. The molecule has 0 atom stereocenters. The second kappa shape index (κ2) is 7.18. The lowest BCUT2D eigenvalue weighted by Gasteiger charge is -2.23. The summed E-state index contributed by atoms with van der Waals surface area (Å²) in [5, 5.41) is 14.2. The van der Waals surface area contributed by atoms with E-state index in [-0.39, 0.29) is 12.5 Å². The number of carbonyl (C=O) groups is 1. The van der Waals surface area contributed by atoms with Crippen molar-refractivity contribution in [2.24, 2.45) is 0 Å². The molecule has 0 unspecified atom stereocenters. The van der Waals surface area contributed by atoms with Crippen molar-refractivity contribution in [1.29, 1.82) is 0 Å². The summed E-state index contributed by atoms with van der Waals surface area (Å²) in [6, 6.07) is 19.7. The molecule has 0 saturated heterocycles. The average Bonchev–Trinajstić information content (AvgIpc) is 2.67. The van der Waals surface area contributed by atoms with Gasteiger partial charge in [0.15, 0.2) is 0 Å². The number of hydrogen-bond donors (Lipinski definition) is 2. The maximum atomic E-state index is 12.4. The second-order valence-corrected chi connectivity index (χ2v) is 7.00. The SMILES string of the molecule is COc1ccc(-c2ccc3cc(C(=O)NC(C)(C)CO)ccc3c2)cc1. The Bertz CT molecular complexity index is 930. The molecule has 0 aliphatic heterocycles. The highest BCUT2D eigenvalue weighted by Gasteiger charge is 2.20. The molecule has 0 radical (unpaired) electrons. The van der Waals surface area contributed by atoms with Gasteiger partial charge in [0.25, 0.3) is 5.91 Å². The number of hydrogen-bond acceptors (Lipinski definition) is 3. The highest BCUT2D eigenvalue weighted by molar-refractivity contribution is 5.99. The van der Waals surface area contributed by atoms with Gasteiger partial charge in [0.05, 0.1) is 19.3 Å². The molecule has 0 aliphatic carbocycles. The highest BCUT2D eigenvalue weighted by Crippen LogP contribution is 2.27. The van der Waals surface area contributed by atoms with Gasteiger partial charge in [0, 0.05) is 5.56 Å². The molecule has 0 bridgehead atoms. The molecule has 0 spiro atoms. The number of fused-ring (bicyclic) bond motifs is 1. The van der Waals surface area contributed by atoms with Crippen LogP contribution in [0.5, 0.6) is 5.75 Å². The molecule has 0 saturated carbocycles. The van der Waals surface area contributed by atoms with Gasteiger partial charge in [0.1, 0.15) is 5.75 Å². The smallest absolute Gasteiger partial charge is 0.251 e. The van der Waals surface area contributed by atoms with Gasteiger partial charge in [-0.2, -0.15) is 0 Å². The van der Waals surface area contributed by atoms with Gasteiger partial charge in [-0.3, -0.25) is 4.79 Å². The first-order chi connectivity index (χ1) is 12.4. The first-order valence-electron chi connectivity index (χ1n) is 8.53. The van der Waals surface area contributed by atoms with Crippen LogP contribution in [0.25, 0.3) is 21.9 Å². The summed E-state index contributed by atoms with van der Waals surface area (Å²) in [6.07, 6.45) is 0. The summed E-state index contributed by atoms with van der Waals surface area (Å²) in [4.78, 5) is 12.4. The summed E-state index contributed by atoms with van der Waals surface area (Å²) in [6.45, 7) is 3.46. The van der Waals surface area contributed by atoms with Crippen molar-refractivity contribution >= 4 is 16.7 Å². The zero-order chi connectivity index (χ0) is 18.7. The van der Waals surface area contributed by atoms with E-state index in [4.69, 9.17) is 4.74 Å². The molecule has 3 aromatic carbocycles. The van der Waals surface area contributed by atoms with Crippen LogP contribution in [0, 0.1) is 0 Å². The Labute approximate surface area is 153 Å². The predicted octanol–water partition coefficient (Wildman–Crippen LogP) is 4.02. The molecular formula is C22H23NO3. The summed E-state index contributed by atoms with van der Waals surface area (Å²) in [5.74, 6) is 0.640. The quantitative estimate of drug-likeness (QED) is 0.731. The van der Waals surface area contributed by atoms with E-state index in [0.717, 1.165) is 27.6 Å². The summed E-state index contributed by atoms with van der Waals surface area (Å²) >= 11 is 0. The maximum absolute atomic E-state index is 12.4. The number of methoxy groups -OCH3 is 1. The van der Waals surface area contributed by atoms with E-state index in [2.05, 4.69) is 11.4 Å². The largest absolute Gasteiger partial charge is 0.497 e. The first kappa shape index (κ1) is 18.0. The number of carbonyl (C=O) groups excluding carboxylic acids is 1. The normalized spacial score (nSPS) is 11.4. The van der Waals surface area contributed by atoms with Crippen LogP contribution in [0.3, 0.4) is 0 Å². The molecule has 4 heteroatoms. The summed E-state index contributed by atoms with van der Waals surface area (Å²) < 4.78 is 5.20. The van der Waals surface area contributed by atoms with Crippen molar-refractivity contribution in [2.75, 3.05) is 13.7 Å². The Kier molecular flexibility index (Phi) is 4.96. The van der Waals surface area contributed by atoms with Gasteiger partial charge in [0.2, 0.25) is 0 Å². The molecule has 3 rings (SSSR count). The van der Waals surface area contributed by atoms with Crippen molar-refractivity contribution in [2.45, 2.75) is 19.4 Å². The second-order valence-electron chi connectivity index (χ2n) is 7.00. The minimum absolute atomic E-state index is 0.114. The number of aliphatic hydroxyl groups excluding tert-OH is 1. The van der Waals surface area contributed by atoms with Crippen LogP contribution < -0.4 is 10.1 Å². The summed E-state index contributed by atoms with van der Waals surface area (Å²) in [5.41, 5.74) is 2.15. The van der Waals surface area contributed by atoms with E-state index in [1.54, 1.807) is 21.0 Å². The van der Waals surface area contributed by atoms with E-state index >= 15 is 0 Å². The van der Waals surface area contributed by atoms with Crippen molar-refractivity contribution in [3.63, 3.8) is 0 Å². The fourth-order valence-corrected chi connectivity index (χ4v) is 2.77. The number of aliphatic hydroxyl groups is 1. The van der Waals surface area contributed by atoms with Crippen LogP contribution in [0.4, 0.5) is 0 Å². The molecule has 134 valence electrons. The number of nitrogens with one attached hydrogen (secondary N) is 1. The molecule has 0 aliphatic rings. The van der Waals surface area contributed by atoms with Gasteiger partial charge in [-0.05, 0) is 66.1 Å². The van der Waals surface area contributed by atoms with Crippen LogP contribution in [-0.2, 0) is 0 Å². The van der Waals surface area contributed by atoms with Crippen molar-refractivity contribution in [3.05, 3.63) is 66.2 Å². The van der Waals surface area contributed by atoms with E-state index in [1.807, 2.05) is 54.6 Å². The molecule has 2 N–H and O–H groups in total. The highest BCUT2D eigenvalue weighted by atomic mass is 16.5. The van der Waals surface area contributed by atoms with Gasteiger partial charge < -0.3 is 15.2 Å². The van der Waals surface area contributed by atoms with E-state index in [9.17, 15) is 9.90 Å². The van der Waals surface area contributed by atoms with Crippen molar-refractivity contribution in [3.8, 4) is 16.9 Å². The first-order valence-corrected chi connectivity index (χ1v) is 8.53. The van der Waals surface area contributed by atoms with Crippen LogP contribution in [0.15, 0.2) is 60.7 Å². The lowest BCUT2D eigenvalue weighted by molar-refractivity contribution is 0.0869. The molecular weight excluding hydrogens is 326 g/mol. The fourth-order valence-electron chi connectivity index (χ4n) is 2.77. The minimum Gasteiger partial charge on any atom is -0.497 e.